The van der Waals surface area contributed by atoms with Crippen LogP contribution in [0, 0.1) is 0 Å². The van der Waals surface area contributed by atoms with Crippen LogP contribution in [0.5, 0.6) is 11.5 Å². The summed E-state index contributed by atoms with van der Waals surface area (Å²) < 4.78 is 10.5. The normalized spacial score (nSPS) is 16.1. The van der Waals surface area contributed by atoms with Gasteiger partial charge in [-0.2, -0.15) is 0 Å². The third-order valence-electron chi connectivity index (χ3n) is 4.29. The van der Waals surface area contributed by atoms with Crippen molar-refractivity contribution in [3.05, 3.63) is 23.8 Å². The van der Waals surface area contributed by atoms with E-state index in [2.05, 4.69) is 0 Å². The van der Waals surface area contributed by atoms with E-state index in [9.17, 15) is 4.79 Å². The molecule has 0 saturated heterocycles. The van der Waals surface area contributed by atoms with Gasteiger partial charge >= 0.3 is 0 Å². The van der Waals surface area contributed by atoms with Gasteiger partial charge in [-0.1, -0.05) is 25.7 Å². The maximum Gasteiger partial charge on any atom is 0.254 e. The number of amides is 1. The largest absolute Gasteiger partial charge is 0.497 e. The van der Waals surface area contributed by atoms with Crippen LogP contribution in [0.25, 0.3) is 0 Å². The summed E-state index contributed by atoms with van der Waals surface area (Å²) in [7, 11) is 5.10. The standard InChI is InChI=1S/C17H25NO3/c1-18(14-8-6-4-5-7-9-14)17(19)13-10-15(20-2)12-16(11-13)21-3/h10-12,14H,4-9H2,1-3H3. The molecule has 0 heterocycles. The number of hydrogen-bond acceptors (Lipinski definition) is 3. The monoisotopic (exact) mass is 291 g/mol. The van der Waals surface area contributed by atoms with E-state index in [1.54, 1.807) is 32.4 Å². The van der Waals surface area contributed by atoms with Crippen LogP contribution in [0.4, 0.5) is 0 Å². The Morgan fingerprint density at radius 2 is 1.52 bits per heavy atom. The molecule has 21 heavy (non-hydrogen) atoms. The van der Waals surface area contributed by atoms with E-state index in [-0.39, 0.29) is 5.91 Å². The molecule has 4 nitrogen and oxygen atoms in total. The van der Waals surface area contributed by atoms with Crippen LogP contribution in [-0.4, -0.2) is 38.1 Å². The molecule has 2 rings (SSSR count). The zero-order valence-corrected chi connectivity index (χ0v) is 13.2. The summed E-state index contributed by atoms with van der Waals surface area (Å²) in [6, 6.07) is 5.68. The molecule has 1 saturated carbocycles. The minimum atomic E-state index is 0.0408. The Morgan fingerprint density at radius 3 is 2.00 bits per heavy atom. The average Bonchev–Trinajstić information content (AvgIpc) is 2.82. The molecule has 1 aromatic rings. The molecular weight excluding hydrogens is 266 g/mol. The lowest BCUT2D eigenvalue weighted by Crippen LogP contribution is -2.36. The SMILES string of the molecule is COc1cc(OC)cc(C(=O)N(C)C2CCCCCC2)c1. The molecule has 116 valence electrons. The van der Waals surface area contributed by atoms with E-state index < -0.39 is 0 Å². The third kappa shape index (κ3) is 3.90. The van der Waals surface area contributed by atoms with Gasteiger partial charge in [0, 0.05) is 24.7 Å². The second-order valence-corrected chi connectivity index (χ2v) is 5.66. The Balaban J connectivity index is 2.17. The van der Waals surface area contributed by atoms with Crippen LogP contribution >= 0.6 is 0 Å². The smallest absolute Gasteiger partial charge is 0.254 e. The van der Waals surface area contributed by atoms with Crippen molar-refractivity contribution in [1.29, 1.82) is 0 Å². The zero-order chi connectivity index (χ0) is 15.2. The first-order chi connectivity index (χ1) is 10.2. The summed E-state index contributed by atoms with van der Waals surface area (Å²) in [4.78, 5) is 14.6. The highest BCUT2D eigenvalue weighted by Crippen LogP contribution is 2.26. The molecule has 0 spiro atoms. The third-order valence-corrected chi connectivity index (χ3v) is 4.29. The van der Waals surface area contributed by atoms with Gasteiger partial charge in [0.25, 0.3) is 5.91 Å². The van der Waals surface area contributed by atoms with E-state index in [0.717, 1.165) is 12.8 Å². The number of benzene rings is 1. The molecule has 1 fully saturated rings. The topological polar surface area (TPSA) is 38.8 Å². The lowest BCUT2D eigenvalue weighted by Gasteiger charge is -2.27. The molecule has 1 aromatic carbocycles. The van der Waals surface area contributed by atoms with E-state index in [4.69, 9.17) is 9.47 Å². The van der Waals surface area contributed by atoms with Gasteiger partial charge in [-0.05, 0) is 25.0 Å². The molecule has 0 unspecified atom stereocenters. The first-order valence-corrected chi connectivity index (χ1v) is 7.66. The Labute approximate surface area is 127 Å². The van der Waals surface area contributed by atoms with Crippen LogP contribution in [0.3, 0.4) is 0 Å². The summed E-state index contributed by atoms with van der Waals surface area (Å²) in [6.07, 6.45) is 7.19. The van der Waals surface area contributed by atoms with Crippen molar-refractivity contribution in [2.45, 2.75) is 44.6 Å². The van der Waals surface area contributed by atoms with Crippen molar-refractivity contribution in [2.24, 2.45) is 0 Å². The van der Waals surface area contributed by atoms with E-state index in [0.29, 0.717) is 23.1 Å². The number of carbonyl (C=O) groups excluding carboxylic acids is 1. The Morgan fingerprint density at radius 1 is 1.00 bits per heavy atom. The Hall–Kier alpha value is -1.71. The van der Waals surface area contributed by atoms with Gasteiger partial charge in [0.15, 0.2) is 0 Å². The number of rotatable bonds is 4. The summed E-state index contributed by atoms with van der Waals surface area (Å²) in [5.74, 6) is 1.33. The summed E-state index contributed by atoms with van der Waals surface area (Å²) in [5, 5.41) is 0. The van der Waals surface area contributed by atoms with Crippen molar-refractivity contribution in [3.8, 4) is 11.5 Å². The fraction of sp³-hybridized carbons (Fsp3) is 0.588. The molecule has 4 heteroatoms. The van der Waals surface area contributed by atoms with E-state index in [1.807, 2.05) is 11.9 Å². The number of ether oxygens (including phenoxy) is 2. The zero-order valence-electron chi connectivity index (χ0n) is 13.2. The maximum atomic E-state index is 12.7. The highest BCUT2D eigenvalue weighted by molar-refractivity contribution is 5.95. The van der Waals surface area contributed by atoms with Gasteiger partial charge in [-0.25, -0.2) is 0 Å². The molecule has 0 aliphatic heterocycles. The number of hydrogen-bond donors (Lipinski definition) is 0. The quantitative estimate of drug-likeness (QED) is 0.797. The highest BCUT2D eigenvalue weighted by atomic mass is 16.5. The lowest BCUT2D eigenvalue weighted by atomic mass is 10.1. The van der Waals surface area contributed by atoms with Crippen LogP contribution in [-0.2, 0) is 0 Å². The molecule has 1 amide bonds. The van der Waals surface area contributed by atoms with Crippen molar-refractivity contribution in [3.63, 3.8) is 0 Å². The molecule has 0 aromatic heterocycles. The van der Waals surface area contributed by atoms with Gasteiger partial charge < -0.3 is 14.4 Å². The molecule has 0 radical (unpaired) electrons. The predicted molar refractivity (Wildman–Crippen MR) is 83.1 cm³/mol. The molecular formula is C17H25NO3. The molecule has 0 bridgehead atoms. The van der Waals surface area contributed by atoms with Crippen LogP contribution in [0.15, 0.2) is 18.2 Å². The number of methoxy groups -OCH3 is 2. The van der Waals surface area contributed by atoms with E-state index >= 15 is 0 Å². The molecule has 0 atom stereocenters. The van der Waals surface area contributed by atoms with Crippen molar-refractivity contribution in [2.75, 3.05) is 21.3 Å². The molecule has 0 N–H and O–H groups in total. The summed E-state index contributed by atoms with van der Waals surface area (Å²) in [6.45, 7) is 0. The Kier molecular flexibility index (Phi) is 5.48. The molecule has 1 aliphatic carbocycles. The van der Waals surface area contributed by atoms with Crippen molar-refractivity contribution >= 4 is 5.91 Å². The first kappa shape index (κ1) is 15.7. The van der Waals surface area contributed by atoms with Gasteiger partial charge in [-0.15, -0.1) is 0 Å². The second-order valence-electron chi connectivity index (χ2n) is 5.66. The van der Waals surface area contributed by atoms with Gasteiger partial charge in [0.05, 0.1) is 14.2 Å². The molecule has 1 aliphatic rings. The van der Waals surface area contributed by atoms with Gasteiger partial charge in [-0.3, -0.25) is 4.79 Å². The first-order valence-electron chi connectivity index (χ1n) is 7.66. The second kappa shape index (κ2) is 7.34. The Bertz CT molecular complexity index is 457. The fourth-order valence-electron chi connectivity index (χ4n) is 2.95. The highest BCUT2D eigenvalue weighted by Gasteiger charge is 2.23. The number of carbonyl (C=O) groups is 1. The summed E-state index contributed by atoms with van der Waals surface area (Å²) in [5.41, 5.74) is 0.623. The fourth-order valence-corrected chi connectivity index (χ4v) is 2.95. The minimum absolute atomic E-state index is 0.0408. The van der Waals surface area contributed by atoms with Gasteiger partial charge in [0.2, 0.25) is 0 Å². The van der Waals surface area contributed by atoms with Gasteiger partial charge in [0.1, 0.15) is 11.5 Å². The average molecular weight is 291 g/mol. The van der Waals surface area contributed by atoms with Crippen LogP contribution in [0.1, 0.15) is 48.9 Å². The maximum absolute atomic E-state index is 12.7. The van der Waals surface area contributed by atoms with E-state index in [1.165, 1.54) is 25.7 Å². The predicted octanol–water partition coefficient (Wildman–Crippen LogP) is 3.50. The van der Waals surface area contributed by atoms with Crippen LogP contribution in [0.2, 0.25) is 0 Å². The minimum Gasteiger partial charge on any atom is -0.497 e. The lowest BCUT2D eigenvalue weighted by molar-refractivity contribution is 0.0717. The number of nitrogens with zero attached hydrogens (tertiary/aromatic N) is 1. The van der Waals surface area contributed by atoms with Crippen molar-refractivity contribution in [1.82, 2.24) is 4.90 Å². The van der Waals surface area contributed by atoms with Crippen LogP contribution < -0.4 is 9.47 Å². The summed E-state index contributed by atoms with van der Waals surface area (Å²) >= 11 is 0. The van der Waals surface area contributed by atoms with Crippen molar-refractivity contribution < 1.29 is 14.3 Å².